The summed E-state index contributed by atoms with van der Waals surface area (Å²) in [6, 6.07) is 14.6. The molecule has 9 nitrogen and oxygen atoms in total. The van der Waals surface area contributed by atoms with Gasteiger partial charge in [0, 0.05) is 36.0 Å². The Balaban J connectivity index is 1.55. The van der Waals surface area contributed by atoms with E-state index in [2.05, 4.69) is 15.3 Å². The standard InChI is InChI=1S/C28H24F3N7O2S/c29-28(30,31)19-11-20(36-17-37-8-9-40-25(15-37)35-16-32)13-21(12-19)38(24-6-10-41-26(24)27(33)39)14-18-5-7-34-23-4-2-1-3-22(18)23/h1-7,10-13,36H,8-9,14-15,17H2,(H2,33,39). The van der Waals surface area contributed by atoms with Crippen LogP contribution in [0.2, 0.25) is 0 Å². The number of aromatic nitrogens is 1. The van der Waals surface area contributed by atoms with E-state index in [0.29, 0.717) is 18.8 Å². The Kier molecular flexibility index (Phi) is 8.04. The monoisotopic (exact) mass is 579 g/mol. The average Bonchev–Trinajstić information content (AvgIpc) is 3.45. The minimum atomic E-state index is -4.63. The molecule has 2 aromatic carbocycles. The first-order valence-electron chi connectivity index (χ1n) is 12.5. The number of rotatable bonds is 8. The Labute approximate surface area is 237 Å². The lowest BCUT2D eigenvalue weighted by molar-refractivity contribution is -0.137. The number of fused-ring (bicyclic) bond motifs is 1. The van der Waals surface area contributed by atoms with Crippen LogP contribution in [0.3, 0.4) is 0 Å². The number of aliphatic imine (C=N–C) groups is 1. The number of alkyl halides is 3. The van der Waals surface area contributed by atoms with Crippen LogP contribution in [0.25, 0.3) is 10.9 Å². The number of halogens is 3. The van der Waals surface area contributed by atoms with Gasteiger partial charge in [0.25, 0.3) is 5.91 Å². The molecule has 1 aliphatic rings. The summed E-state index contributed by atoms with van der Waals surface area (Å²) in [5.41, 5.74) is 7.18. The van der Waals surface area contributed by atoms with Gasteiger partial charge in [-0.15, -0.1) is 16.3 Å². The van der Waals surface area contributed by atoms with Crippen molar-refractivity contribution >= 4 is 51.1 Å². The quantitative estimate of drug-likeness (QED) is 0.271. The Hall–Kier alpha value is -4.67. The Morgan fingerprint density at radius 3 is 2.85 bits per heavy atom. The number of amides is 1. The number of ether oxygens (including phenoxy) is 1. The van der Waals surface area contributed by atoms with Gasteiger partial charge < -0.3 is 20.7 Å². The third-order valence-corrected chi connectivity index (χ3v) is 7.42. The molecule has 0 saturated carbocycles. The SMILES string of the molecule is N#CN=C1CN(CNc2cc(N(Cc3ccnc4ccccc34)c3ccsc3C(N)=O)cc(C(F)(F)F)c2)CCO1. The fourth-order valence-corrected chi connectivity index (χ4v) is 5.33. The van der Waals surface area contributed by atoms with Gasteiger partial charge in [0.2, 0.25) is 12.1 Å². The highest BCUT2D eigenvalue weighted by Gasteiger charge is 2.32. The van der Waals surface area contributed by atoms with E-state index < -0.39 is 17.6 Å². The molecule has 0 atom stereocenters. The summed E-state index contributed by atoms with van der Waals surface area (Å²) in [6.45, 7) is 1.39. The van der Waals surface area contributed by atoms with Crippen molar-refractivity contribution < 1.29 is 22.7 Å². The number of hydrogen-bond acceptors (Lipinski definition) is 9. The molecule has 1 saturated heterocycles. The van der Waals surface area contributed by atoms with Gasteiger partial charge in [0.1, 0.15) is 11.5 Å². The lowest BCUT2D eigenvalue weighted by atomic mass is 10.1. The molecule has 0 bridgehead atoms. The minimum Gasteiger partial charge on any atom is -0.478 e. The van der Waals surface area contributed by atoms with Gasteiger partial charge in [-0.1, -0.05) is 18.2 Å². The molecule has 13 heteroatoms. The van der Waals surface area contributed by atoms with Crippen LogP contribution in [-0.4, -0.2) is 48.1 Å². The van der Waals surface area contributed by atoms with Crippen LogP contribution >= 0.6 is 11.3 Å². The van der Waals surface area contributed by atoms with Crippen LogP contribution in [0.1, 0.15) is 20.8 Å². The zero-order valence-electron chi connectivity index (χ0n) is 21.6. The largest absolute Gasteiger partial charge is 0.478 e. The zero-order chi connectivity index (χ0) is 29.0. The van der Waals surface area contributed by atoms with E-state index >= 15 is 0 Å². The maximum atomic E-state index is 14.1. The molecule has 41 heavy (non-hydrogen) atoms. The molecule has 3 N–H and O–H groups in total. The molecule has 210 valence electrons. The van der Waals surface area contributed by atoms with Crippen molar-refractivity contribution in [3.8, 4) is 6.19 Å². The summed E-state index contributed by atoms with van der Waals surface area (Å²) < 4.78 is 47.7. The predicted molar refractivity (Wildman–Crippen MR) is 151 cm³/mol. The van der Waals surface area contributed by atoms with Crippen molar-refractivity contribution in [1.29, 1.82) is 5.26 Å². The van der Waals surface area contributed by atoms with Gasteiger partial charge in [0.05, 0.1) is 30.0 Å². The molecule has 0 aliphatic carbocycles. The number of primary amides is 1. The third kappa shape index (κ3) is 6.40. The van der Waals surface area contributed by atoms with Crippen molar-refractivity contribution in [2.24, 2.45) is 10.7 Å². The van der Waals surface area contributed by atoms with Crippen molar-refractivity contribution in [2.75, 3.05) is 36.6 Å². The van der Waals surface area contributed by atoms with E-state index in [1.54, 1.807) is 40.9 Å². The second kappa shape index (κ2) is 11.8. The van der Waals surface area contributed by atoms with Crippen LogP contribution in [0.5, 0.6) is 0 Å². The summed E-state index contributed by atoms with van der Waals surface area (Å²) in [5.74, 6) is -0.426. The average molecular weight is 580 g/mol. The molecular weight excluding hydrogens is 555 g/mol. The summed E-state index contributed by atoms with van der Waals surface area (Å²) >= 11 is 1.12. The summed E-state index contributed by atoms with van der Waals surface area (Å²) in [7, 11) is 0. The summed E-state index contributed by atoms with van der Waals surface area (Å²) in [5, 5.41) is 14.4. The first-order chi connectivity index (χ1) is 19.7. The molecule has 0 radical (unpaired) electrons. The Bertz CT molecular complexity index is 1640. The van der Waals surface area contributed by atoms with Gasteiger partial charge >= 0.3 is 6.18 Å². The van der Waals surface area contributed by atoms with Gasteiger partial charge in [0.15, 0.2) is 0 Å². The number of nitrogens with one attached hydrogen (secondary N) is 1. The highest BCUT2D eigenvalue weighted by atomic mass is 32.1. The lowest BCUT2D eigenvalue weighted by Gasteiger charge is -2.29. The molecule has 1 fully saturated rings. The molecule has 3 heterocycles. The molecule has 1 aliphatic heterocycles. The fourth-order valence-electron chi connectivity index (χ4n) is 4.58. The smallest absolute Gasteiger partial charge is 0.416 e. The molecule has 2 aromatic heterocycles. The first kappa shape index (κ1) is 27.9. The number of carbonyl (C=O) groups is 1. The normalized spacial score (nSPS) is 14.9. The maximum Gasteiger partial charge on any atom is 0.416 e. The van der Waals surface area contributed by atoms with Gasteiger partial charge in [-0.05, 0) is 47.3 Å². The van der Waals surface area contributed by atoms with Crippen LogP contribution in [0.4, 0.5) is 30.2 Å². The molecule has 0 spiro atoms. The number of thiophene rings is 1. The highest BCUT2D eigenvalue weighted by molar-refractivity contribution is 7.12. The van der Waals surface area contributed by atoms with E-state index in [1.807, 2.05) is 29.2 Å². The highest BCUT2D eigenvalue weighted by Crippen LogP contribution is 2.39. The number of benzene rings is 2. The molecular formula is C28H24F3N7O2S. The lowest BCUT2D eigenvalue weighted by Crippen LogP contribution is -2.42. The first-order valence-corrected chi connectivity index (χ1v) is 13.4. The third-order valence-electron chi connectivity index (χ3n) is 6.50. The van der Waals surface area contributed by atoms with E-state index in [1.165, 1.54) is 0 Å². The Morgan fingerprint density at radius 1 is 1.24 bits per heavy atom. The number of nitrogens with two attached hydrogens (primary N) is 1. The topological polar surface area (TPSA) is 120 Å². The second-order valence-electron chi connectivity index (χ2n) is 9.18. The van der Waals surface area contributed by atoms with Gasteiger partial charge in [-0.25, -0.2) is 0 Å². The number of morpholine rings is 1. The number of nitriles is 1. The molecule has 5 rings (SSSR count). The predicted octanol–water partition coefficient (Wildman–Crippen LogP) is 5.33. The minimum absolute atomic E-state index is 0.151. The number of hydrogen-bond donors (Lipinski definition) is 2. The number of nitrogens with zero attached hydrogens (tertiary/aromatic N) is 5. The Morgan fingerprint density at radius 2 is 2.07 bits per heavy atom. The zero-order valence-corrected chi connectivity index (χ0v) is 22.4. The van der Waals surface area contributed by atoms with E-state index in [0.717, 1.165) is 39.9 Å². The number of para-hydroxylation sites is 1. The van der Waals surface area contributed by atoms with Crippen molar-refractivity contribution in [3.05, 3.63) is 82.2 Å². The van der Waals surface area contributed by atoms with Crippen LogP contribution < -0.4 is 16.0 Å². The van der Waals surface area contributed by atoms with Crippen molar-refractivity contribution in [1.82, 2.24) is 9.88 Å². The van der Waals surface area contributed by atoms with Crippen LogP contribution in [0.15, 0.2) is 71.2 Å². The van der Waals surface area contributed by atoms with E-state index in [4.69, 9.17) is 15.7 Å². The van der Waals surface area contributed by atoms with Crippen molar-refractivity contribution in [2.45, 2.75) is 12.7 Å². The summed E-state index contributed by atoms with van der Waals surface area (Å²) in [4.78, 5) is 24.0. The van der Waals surface area contributed by atoms with Gasteiger partial charge in [-0.2, -0.15) is 18.4 Å². The second-order valence-corrected chi connectivity index (χ2v) is 10.1. The van der Waals surface area contributed by atoms with Crippen molar-refractivity contribution in [3.63, 3.8) is 0 Å². The number of pyridine rings is 1. The molecule has 4 aromatic rings. The van der Waals surface area contributed by atoms with E-state index in [-0.39, 0.29) is 41.9 Å². The van der Waals surface area contributed by atoms with Crippen LogP contribution in [0, 0.1) is 11.5 Å². The van der Waals surface area contributed by atoms with E-state index in [9.17, 15) is 18.0 Å². The summed E-state index contributed by atoms with van der Waals surface area (Å²) in [6.07, 6.45) is -1.31. The molecule has 0 unspecified atom stereocenters. The molecule has 1 amide bonds. The van der Waals surface area contributed by atoms with Crippen LogP contribution in [-0.2, 0) is 17.5 Å². The number of anilines is 3. The van der Waals surface area contributed by atoms with Gasteiger partial charge in [-0.3, -0.25) is 14.7 Å². The maximum absolute atomic E-state index is 14.1. The fraction of sp³-hybridized carbons (Fsp3) is 0.214. The number of carbonyl (C=O) groups excluding carboxylic acids is 1.